The molecule has 0 saturated heterocycles. The van der Waals surface area contributed by atoms with Crippen molar-refractivity contribution in [1.82, 2.24) is 0 Å². The van der Waals surface area contributed by atoms with Crippen molar-refractivity contribution >= 4 is 17.8 Å². The van der Waals surface area contributed by atoms with Gasteiger partial charge in [-0.05, 0) is 48.7 Å². The molecule has 128 valence electrons. The number of allylic oxidation sites excluding steroid dienone is 2. The molecule has 2 aromatic carbocycles. The monoisotopic (exact) mass is 336 g/mol. The van der Waals surface area contributed by atoms with Crippen LogP contribution in [0.25, 0.3) is 6.08 Å². The van der Waals surface area contributed by atoms with Gasteiger partial charge in [-0.1, -0.05) is 42.5 Å². The molecule has 0 aromatic heterocycles. The lowest BCUT2D eigenvalue weighted by Crippen LogP contribution is -2.26. The molecule has 0 spiro atoms. The zero-order chi connectivity index (χ0) is 18.1. The molecule has 0 amide bonds. The van der Waals surface area contributed by atoms with E-state index in [2.05, 4.69) is 6.58 Å². The molecule has 0 heterocycles. The first-order valence-electron chi connectivity index (χ1n) is 7.98. The number of ether oxygens (including phenoxy) is 1. The van der Waals surface area contributed by atoms with E-state index in [1.54, 1.807) is 36.4 Å². The summed E-state index contributed by atoms with van der Waals surface area (Å²) in [6, 6.07) is 16.0. The van der Waals surface area contributed by atoms with Crippen LogP contribution in [0.5, 0.6) is 5.75 Å². The summed E-state index contributed by atoms with van der Waals surface area (Å²) >= 11 is 0. The van der Waals surface area contributed by atoms with Crippen molar-refractivity contribution in [3.8, 4) is 5.75 Å². The van der Waals surface area contributed by atoms with Gasteiger partial charge in [0, 0.05) is 5.56 Å². The Morgan fingerprint density at radius 3 is 2.36 bits per heavy atom. The third-order valence-electron chi connectivity index (χ3n) is 3.55. The molecule has 1 atom stereocenters. The van der Waals surface area contributed by atoms with Crippen LogP contribution in [-0.2, 0) is 4.79 Å². The van der Waals surface area contributed by atoms with E-state index in [1.165, 1.54) is 6.08 Å². The third-order valence-corrected chi connectivity index (χ3v) is 3.55. The average molecular weight is 336 g/mol. The number of aliphatic carboxylic acids is 1. The molecule has 0 bridgehead atoms. The van der Waals surface area contributed by atoms with Crippen LogP contribution in [0, 0.1) is 0 Å². The molecular formula is C21H20O4. The van der Waals surface area contributed by atoms with Crippen LogP contribution < -0.4 is 4.74 Å². The number of hydrogen-bond donors (Lipinski definition) is 1. The van der Waals surface area contributed by atoms with Crippen LogP contribution in [0.3, 0.4) is 0 Å². The summed E-state index contributed by atoms with van der Waals surface area (Å²) in [4.78, 5) is 23.4. The van der Waals surface area contributed by atoms with Gasteiger partial charge in [-0.3, -0.25) is 4.79 Å². The standard InChI is InChI=1S/C21H20O4/c1-2-3-9-20(21(23)24)25-18-13-11-17(12-14-18)19(22)15-10-16-7-5-4-6-8-16/h2,4-8,10-15,20H,1,3,9H2,(H,23,24). The molecule has 2 aromatic rings. The van der Waals surface area contributed by atoms with Crippen LogP contribution in [0.1, 0.15) is 28.8 Å². The molecule has 0 aliphatic carbocycles. The van der Waals surface area contributed by atoms with Gasteiger partial charge in [0.05, 0.1) is 0 Å². The Morgan fingerprint density at radius 2 is 1.76 bits per heavy atom. The number of carbonyl (C=O) groups excluding carboxylic acids is 1. The number of carboxylic acids is 1. The van der Waals surface area contributed by atoms with Crippen molar-refractivity contribution in [1.29, 1.82) is 0 Å². The largest absolute Gasteiger partial charge is 0.479 e. The molecular weight excluding hydrogens is 316 g/mol. The lowest BCUT2D eigenvalue weighted by atomic mass is 10.1. The van der Waals surface area contributed by atoms with Crippen LogP contribution in [-0.4, -0.2) is 23.0 Å². The number of carboxylic acid groups (broad SMARTS) is 1. The van der Waals surface area contributed by atoms with Crippen LogP contribution in [0.4, 0.5) is 0 Å². The SMILES string of the molecule is C=CCCC(Oc1ccc(C(=O)C=Cc2ccccc2)cc1)C(=O)O. The minimum Gasteiger partial charge on any atom is -0.479 e. The Morgan fingerprint density at radius 1 is 1.08 bits per heavy atom. The zero-order valence-corrected chi connectivity index (χ0v) is 13.8. The number of hydrogen-bond acceptors (Lipinski definition) is 3. The van der Waals surface area contributed by atoms with Gasteiger partial charge >= 0.3 is 5.97 Å². The van der Waals surface area contributed by atoms with Gasteiger partial charge in [-0.15, -0.1) is 6.58 Å². The lowest BCUT2D eigenvalue weighted by Gasteiger charge is -2.14. The molecule has 4 heteroatoms. The first-order chi connectivity index (χ1) is 12.1. The van der Waals surface area contributed by atoms with Gasteiger partial charge in [0.2, 0.25) is 0 Å². The van der Waals surface area contributed by atoms with Gasteiger partial charge in [0.15, 0.2) is 11.9 Å². The highest BCUT2D eigenvalue weighted by atomic mass is 16.5. The lowest BCUT2D eigenvalue weighted by molar-refractivity contribution is -0.145. The summed E-state index contributed by atoms with van der Waals surface area (Å²) in [6.07, 6.45) is 4.88. The molecule has 4 nitrogen and oxygen atoms in total. The van der Waals surface area contributed by atoms with E-state index in [0.29, 0.717) is 24.2 Å². The summed E-state index contributed by atoms with van der Waals surface area (Å²) in [6.45, 7) is 3.58. The minimum absolute atomic E-state index is 0.128. The summed E-state index contributed by atoms with van der Waals surface area (Å²) in [5.41, 5.74) is 1.46. The van der Waals surface area contributed by atoms with Crippen molar-refractivity contribution in [2.75, 3.05) is 0 Å². The topological polar surface area (TPSA) is 63.6 Å². The minimum atomic E-state index is -1.02. The van der Waals surface area contributed by atoms with Crippen LogP contribution in [0.2, 0.25) is 0 Å². The highest BCUT2D eigenvalue weighted by molar-refractivity contribution is 6.06. The van der Waals surface area contributed by atoms with Gasteiger partial charge in [-0.2, -0.15) is 0 Å². The first kappa shape index (κ1) is 18.2. The summed E-state index contributed by atoms with van der Waals surface area (Å²) in [5, 5.41) is 9.16. The van der Waals surface area contributed by atoms with E-state index in [0.717, 1.165) is 5.56 Å². The van der Waals surface area contributed by atoms with Crippen LogP contribution in [0.15, 0.2) is 73.3 Å². The third kappa shape index (κ3) is 5.77. The van der Waals surface area contributed by atoms with Crippen LogP contribution >= 0.6 is 0 Å². The average Bonchev–Trinajstić information content (AvgIpc) is 2.64. The maximum absolute atomic E-state index is 12.2. The maximum atomic E-state index is 12.2. The number of ketones is 1. The molecule has 2 rings (SSSR count). The molecule has 0 aliphatic rings. The van der Waals surface area contributed by atoms with Crippen molar-refractivity contribution in [3.63, 3.8) is 0 Å². The first-order valence-corrected chi connectivity index (χ1v) is 7.98. The summed E-state index contributed by atoms with van der Waals surface area (Å²) in [5.74, 6) is -0.732. The van der Waals surface area contributed by atoms with Gasteiger partial charge < -0.3 is 9.84 Å². The molecule has 1 N–H and O–H groups in total. The molecule has 0 radical (unpaired) electrons. The van der Waals surface area contributed by atoms with E-state index < -0.39 is 12.1 Å². The predicted octanol–water partition coefficient (Wildman–Crippen LogP) is 4.38. The van der Waals surface area contributed by atoms with Crippen molar-refractivity contribution in [2.45, 2.75) is 18.9 Å². The van der Waals surface area contributed by atoms with Gasteiger partial charge in [0.1, 0.15) is 5.75 Å². The van der Waals surface area contributed by atoms with E-state index in [9.17, 15) is 9.59 Å². The quantitative estimate of drug-likeness (QED) is 0.419. The zero-order valence-electron chi connectivity index (χ0n) is 13.8. The Bertz CT molecular complexity index is 745. The molecule has 25 heavy (non-hydrogen) atoms. The van der Waals surface area contributed by atoms with Gasteiger partial charge in [0.25, 0.3) is 0 Å². The predicted molar refractivity (Wildman–Crippen MR) is 97.7 cm³/mol. The van der Waals surface area contributed by atoms with Crippen molar-refractivity contribution < 1.29 is 19.4 Å². The van der Waals surface area contributed by atoms with E-state index >= 15 is 0 Å². The second-order valence-electron chi connectivity index (χ2n) is 5.44. The summed E-state index contributed by atoms with van der Waals surface area (Å²) in [7, 11) is 0. The number of benzene rings is 2. The van der Waals surface area contributed by atoms with Gasteiger partial charge in [-0.25, -0.2) is 4.79 Å². The fourth-order valence-corrected chi connectivity index (χ4v) is 2.20. The summed E-state index contributed by atoms with van der Waals surface area (Å²) < 4.78 is 5.47. The van der Waals surface area contributed by atoms with Crippen molar-refractivity contribution in [2.24, 2.45) is 0 Å². The highest BCUT2D eigenvalue weighted by Crippen LogP contribution is 2.17. The Hall–Kier alpha value is -3.14. The maximum Gasteiger partial charge on any atom is 0.344 e. The van der Waals surface area contributed by atoms with Crippen molar-refractivity contribution in [3.05, 3.63) is 84.5 Å². The molecule has 1 unspecified atom stereocenters. The highest BCUT2D eigenvalue weighted by Gasteiger charge is 2.18. The number of carbonyl (C=O) groups is 2. The Kier molecular flexibility index (Phi) is 6.72. The fourth-order valence-electron chi connectivity index (χ4n) is 2.20. The molecule has 0 aliphatic heterocycles. The van der Waals surface area contributed by atoms with E-state index in [4.69, 9.17) is 9.84 Å². The van der Waals surface area contributed by atoms with E-state index in [-0.39, 0.29) is 5.78 Å². The van der Waals surface area contributed by atoms with E-state index in [1.807, 2.05) is 30.3 Å². The normalized spacial score (nSPS) is 11.8. The fraction of sp³-hybridized carbons (Fsp3) is 0.143. The Labute approximate surface area is 147 Å². The molecule has 0 saturated carbocycles. The second-order valence-corrected chi connectivity index (χ2v) is 5.44. The Balaban J connectivity index is 2.01. The second kappa shape index (κ2) is 9.23. The smallest absolute Gasteiger partial charge is 0.344 e. The molecule has 0 fully saturated rings. The number of rotatable bonds is 9.